The standard InChI is InChI=1S/C14H18ClNO/c1-10-6-7-12(9-13(10)15)16-14(17)8-11-4-2-3-5-11/h6-7,9,11H,2-5,8H2,1H3,(H,16,17). The molecule has 0 atom stereocenters. The van der Waals surface area contributed by atoms with Crippen LogP contribution in [0.5, 0.6) is 0 Å². The maximum Gasteiger partial charge on any atom is 0.224 e. The molecule has 1 N–H and O–H groups in total. The smallest absolute Gasteiger partial charge is 0.224 e. The van der Waals surface area contributed by atoms with Gasteiger partial charge in [0.05, 0.1) is 0 Å². The number of nitrogens with one attached hydrogen (secondary N) is 1. The molecule has 0 spiro atoms. The van der Waals surface area contributed by atoms with Crippen LogP contribution in [0.2, 0.25) is 5.02 Å². The van der Waals surface area contributed by atoms with E-state index in [1.165, 1.54) is 25.7 Å². The first kappa shape index (κ1) is 12.4. The van der Waals surface area contributed by atoms with E-state index in [2.05, 4.69) is 5.32 Å². The molecule has 1 aliphatic carbocycles. The maximum atomic E-state index is 11.8. The predicted molar refractivity (Wildman–Crippen MR) is 71.4 cm³/mol. The van der Waals surface area contributed by atoms with Gasteiger partial charge in [0.2, 0.25) is 5.91 Å². The lowest BCUT2D eigenvalue weighted by Crippen LogP contribution is -2.15. The van der Waals surface area contributed by atoms with E-state index in [1.54, 1.807) is 0 Å². The van der Waals surface area contributed by atoms with Crippen LogP contribution in [0.4, 0.5) is 5.69 Å². The Morgan fingerprint density at radius 1 is 1.41 bits per heavy atom. The van der Waals surface area contributed by atoms with Crippen molar-refractivity contribution in [3.8, 4) is 0 Å². The Balaban J connectivity index is 1.90. The number of rotatable bonds is 3. The molecule has 0 saturated heterocycles. The Bertz CT molecular complexity index is 411. The van der Waals surface area contributed by atoms with E-state index in [1.807, 2.05) is 25.1 Å². The van der Waals surface area contributed by atoms with Gasteiger partial charge in [-0.1, -0.05) is 30.5 Å². The van der Waals surface area contributed by atoms with Crippen molar-refractivity contribution in [2.45, 2.75) is 39.0 Å². The SMILES string of the molecule is Cc1ccc(NC(=O)CC2CCCC2)cc1Cl. The van der Waals surface area contributed by atoms with Gasteiger partial charge in [-0.2, -0.15) is 0 Å². The predicted octanol–water partition coefficient (Wildman–Crippen LogP) is 4.17. The molecule has 0 radical (unpaired) electrons. The van der Waals surface area contributed by atoms with Crippen LogP contribution in [0.25, 0.3) is 0 Å². The van der Waals surface area contributed by atoms with Crippen molar-refractivity contribution in [3.63, 3.8) is 0 Å². The zero-order valence-corrected chi connectivity index (χ0v) is 10.9. The number of benzene rings is 1. The summed E-state index contributed by atoms with van der Waals surface area (Å²) in [6, 6.07) is 5.63. The van der Waals surface area contributed by atoms with Crippen LogP contribution >= 0.6 is 11.6 Å². The van der Waals surface area contributed by atoms with E-state index in [4.69, 9.17) is 11.6 Å². The van der Waals surface area contributed by atoms with Crippen molar-refractivity contribution in [2.75, 3.05) is 5.32 Å². The van der Waals surface area contributed by atoms with Gasteiger partial charge in [0.15, 0.2) is 0 Å². The first-order valence-corrected chi connectivity index (χ1v) is 6.59. The second-order valence-corrected chi connectivity index (χ2v) is 5.27. The van der Waals surface area contributed by atoms with Crippen LogP contribution in [-0.2, 0) is 4.79 Å². The molecule has 0 aromatic heterocycles. The average Bonchev–Trinajstić information content (AvgIpc) is 2.76. The van der Waals surface area contributed by atoms with Crippen molar-refractivity contribution in [2.24, 2.45) is 5.92 Å². The molecule has 17 heavy (non-hydrogen) atoms. The molecule has 0 heterocycles. The molecule has 1 aromatic carbocycles. The number of amides is 1. The lowest BCUT2D eigenvalue weighted by Gasteiger charge is -2.10. The summed E-state index contributed by atoms with van der Waals surface area (Å²) in [5, 5.41) is 3.61. The van der Waals surface area contributed by atoms with Crippen LogP contribution in [0.3, 0.4) is 0 Å². The second-order valence-electron chi connectivity index (χ2n) is 4.87. The van der Waals surface area contributed by atoms with Gasteiger partial charge in [-0.05, 0) is 43.4 Å². The summed E-state index contributed by atoms with van der Waals surface area (Å²) in [6.45, 7) is 1.95. The molecule has 2 nitrogen and oxygen atoms in total. The molecule has 1 fully saturated rings. The van der Waals surface area contributed by atoms with E-state index >= 15 is 0 Å². The fraction of sp³-hybridized carbons (Fsp3) is 0.500. The minimum atomic E-state index is 0.108. The number of hydrogen-bond donors (Lipinski definition) is 1. The molecule has 0 aliphatic heterocycles. The monoisotopic (exact) mass is 251 g/mol. The third-order valence-corrected chi connectivity index (χ3v) is 3.81. The molecule has 92 valence electrons. The van der Waals surface area contributed by atoms with Crippen molar-refractivity contribution < 1.29 is 4.79 Å². The molecule has 1 saturated carbocycles. The molecule has 0 unspecified atom stereocenters. The zero-order chi connectivity index (χ0) is 12.3. The number of carbonyl (C=O) groups excluding carboxylic acids is 1. The van der Waals surface area contributed by atoms with Crippen molar-refractivity contribution in [1.29, 1.82) is 0 Å². The van der Waals surface area contributed by atoms with Crippen LogP contribution in [0.1, 0.15) is 37.7 Å². The topological polar surface area (TPSA) is 29.1 Å². The highest BCUT2D eigenvalue weighted by Crippen LogP contribution is 2.28. The maximum absolute atomic E-state index is 11.8. The number of aryl methyl sites for hydroxylation is 1. The molecular formula is C14H18ClNO. The summed E-state index contributed by atoms with van der Waals surface area (Å²) >= 11 is 6.02. The van der Waals surface area contributed by atoms with Gasteiger partial charge >= 0.3 is 0 Å². The lowest BCUT2D eigenvalue weighted by atomic mass is 10.0. The number of hydrogen-bond acceptors (Lipinski definition) is 1. The van der Waals surface area contributed by atoms with Crippen LogP contribution in [0.15, 0.2) is 18.2 Å². The summed E-state index contributed by atoms with van der Waals surface area (Å²) < 4.78 is 0. The van der Waals surface area contributed by atoms with Crippen molar-refractivity contribution in [3.05, 3.63) is 28.8 Å². The van der Waals surface area contributed by atoms with Gasteiger partial charge in [0, 0.05) is 17.1 Å². The van der Waals surface area contributed by atoms with Gasteiger partial charge in [-0.15, -0.1) is 0 Å². The zero-order valence-electron chi connectivity index (χ0n) is 10.1. The summed E-state index contributed by atoms with van der Waals surface area (Å²) in [5.41, 5.74) is 1.82. The molecule has 1 aromatic rings. The minimum absolute atomic E-state index is 0.108. The van der Waals surface area contributed by atoms with Gasteiger partial charge in [-0.3, -0.25) is 4.79 Å². The summed E-state index contributed by atoms with van der Waals surface area (Å²) in [4.78, 5) is 11.8. The highest BCUT2D eigenvalue weighted by molar-refractivity contribution is 6.31. The molecule has 1 amide bonds. The molecule has 1 aliphatic rings. The highest BCUT2D eigenvalue weighted by atomic mass is 35.5. The molecular weight excluding hydrogens is 234 g/mol. The number of halogens is 1. The summed E-state index contributed by atoms with van der Waals surface area (Å²) in [6.07, 6.45) is 5.58. The molecule has 0 bridgehead atoms. The quantitative estimate of drug-likeness (QED) is 0.858. The number of carbonyl (C=O) groups is 1. The third-order valence-electron chi connectivity index (χ3n) is 3.40. The normalized spacial score (nSPS) is 16.1. The Morgan fingerprint density at radius 2 is 2.12 bits per heavy atom. The van der Waals surface area contributed by atoms with E-state index in [0.717, 1.165) is 11.3 Å². The Labute approximate surface area is 107 Å². The summed E-state index contributed by atoms with van der Waals surface area (Å²) in [7, 11) is 0. The van der Waals surface area contributed by atoms with E-state index < -0.39 is 0 Å². The van der Waals surface area contributed by atoms with Crippen LogP contribution in [-0.4, -0.2) is 5.91 Å². The van der Waals surface area contributed by atoms with Crippen molar-refractivity contribution in [1.82, 2.24) is 0 Å². The fourth-order valence-corrected chi connectivity index (χ4v) is 2.54. The lowest BCUT2D eigenvalue weighted by molar-refractivity contribution is -0.117. The van der Waals surface area contributed by atoms with E-state index in [0.29, 0.717) is 17.4 Å². The summed E-state index contributed by atoms with van der Waals surface area (Å²) in [5.74, 6) is 0.688. The third kappa shape index (κ3) is 3.47. The Morgan fingerprint density at radius 3 is 2.76 bits per heavy atom. The first-order valence-electron chi connectivity index (χ1n) is 6.21. The molecule has 2 rings (SSSR count). The van der Waals surface area contributed by atoms with Gasteiger partial charge in [-0.25, -0.2) is 0 Å². The Hall–Kier alpha value is -1.02. The largest absolute Gasteiger partial charge is 0.326 e. The fourth-order valence-electron chi connectivity index (χ4n) is 2.36. The minimum Gasteiger partial charge on any atom is -0.326 e. The highest BCUT2D eigenvalue weighted by Gasteiger charge is 2.18. The number of anilines is 1. The Kier molecular flexibility index (Phi) is 4.06. The van der Waals surface area contributed by atoms with Crippen LogP contribution < -0.4 is 5.32 Å². The van der Waals surface area contributed by atoms with Crippen LogP contribution in [0, 0.1) is 12.8 Å². The van der Waals surface area contributed by atoms with Gasteiger partial charge in [0.25, 0.3) is 0 Å². The van der Waals surface area contributed by atoms with Gasteiger partial charge in [0.1, 0.15) is 0 Å². The second kappa shape index (κ2) is 5.54. The van der Waals surface area contributed by atoms with Crippen molar-refractivity contribution >= 4 is 23.2 Å². The van der Waals surface area contributed by atoms with E-state index in [9.17, 15) is 4.79 Å². The molecule has 3 heteroatoms. The first-order chi connectivity index (χ1) is 8.15. The van der Waals surface area contributed by atoms with Gasteiger partial charge < -0.3 is 5.32 Å². The average molecular weight is 252 g/mol. The van der Waals surface area contributed by atoms with E-state index in [-0.39, 0.29) is 5.91 Å².